The summed E-state index contributed by atoms with van der Waals surface area (Å²) in [6.45, 7) is 8.19. The number of unbranched alkanes of at least 4 members (excludes halogenated alkanes) is 3. The topological polar surface area (TPSA) is 17.1 Å². The Balaban J connectivity index is 3.44. The van der Waals surface area contributed by atoms with Gasteiger partial charge in [-0.3, -0.25) is 4.79 Å². The van der Waals surface area contributed by atoms with Crippen LogP contribution in [-0.4, -0.2) is 16.3 Å². The van der Waals surface area contributed by atoms with E-state index < -0.39 is 0 Å². The highest BCUT2D eigenvalue weighted by atomic mass is 32.2. The van der Waals surface area contributed by atoms with Gasteiger partial charge in [-0.1, -0.05) is 39.3 Å². The molecule has 0 N–H and O–H groups in total. The van der Waals surface area contributed by atoms with Crippen molar-refractivity contribution in [1.82, 2.24) is 0 Å². The Bertz CT molecular complexity index is 231. The van der Waals surface area contributed by atoms with E-state index in [1.54, 1.807) is 6.92 Å². The molecule has 0 aromatic heterocycles. The first-order valence-electron chi connectivity index (χ1n) is 6.76. The number of rotatable bonds is 10. The second kappa shape index (κ2) is 9.76. The second-order valence-electron chi connectivity index (χ2n) is 5.22. The Kier molecular flexibility index (Phi) is 9.62. The number of hydrogen-bond donors (Lipinski definition) is 0. The fourth-order valence-electron chi connectivity index (χ4n) is 1.82. The number of Topliss-reactive ketones (excluding diaryl/α,β-unsaturated/α-hetero) is 1. The lowest BCUT2D eigenvalue weighted by Gasteiger charge is -2.22. The van der Waals surface area contributed by atoms with E-state index in [1.807, 2.05) is 11.8 Å². The van der Waals surface area contributed by atoms with Gasteiger partial charge in [-0.2, -0.15) is 11.8 Å². The van der Waals surface area contributed by atoms with E-state index in [2.05, 4.69) is 32.9 Å². The van der Waals surface area contributed by atoms with Crippen molar-refractivity contribution in [2.75, 3.05) is 5.75 Å². The van der Waals surface area contributed by atoms with Crippen molar-refractivity contribution in [3.05, 3.63) is 12.2 Å². The van der Waals surface area contributed by atoms with Crippen LogP contribution in [0.5, 0.6) is 0 Å². The first-order valence-corrected chi connectivity index (χ1v) is 7.75. The Labute approximate surface area is 111 Å². The molecule has 0 saturated carbocycles. The molecule has 0 amide bonds. The molecule has 0 aliphatic carbocycles. The van der Waals surface area contributed by atoms with Crippen molar-refractivity contribution in [2.24, 2.45) is 0 Å². The Hall–Kier alpha value is -0.240. The third-order valence-corrected chi connectivity index (χ3v) is 4.00. The number of carbonyl (C=O) groups excluding carboxylic acids is 1. The lowest BCUT2D eigenvalue weighted by molar-refractivity contribution is -0.117. The van der Waals surface area contributed by atoms with Gasteiger partial charge in [-0.15, -0.1) is 0 Å². The minimum Gasteiger partial charge on any atom is -0.300 e. The maximum Gasteiger partial charge on any atom is 0.131 e. The Morgan fingerprint density at radius 1 is 1.18 bits per heavy atom. The predicted molar refractivity (Wildman–Crippen MR) is 79.7 cm³/mol. The molecule has 0 aromatic rings. The zero-order valence-electron chi connectivity index (χ0n) is 11.9. The molecule has 0 aromatic carbocycles. The van der Waals surface area contributed by atoms with Crippen LogP contribution in [0.25, 0.3) is 0 Å². The third-order valence-electron chi connectivity index (χ3n) is 2.58. The van der Waals surface area contributed by atoms with Crippen molar-refractivity contribution < 1.29 is 4.79 Å². The number of allylic oxidation sites excluding steroid dienone is 2. The standard InChI is InChI=1S/C15H28OS/c1-5-6-7-8-9-10-11-12-17-15(3,4)13-14(2)16/h6-7H,5,8-13H2,1-4H3/b7-6-. The average Bonchev–Trinajstić information content (AvgIpc) is 2.20. The smallest absolute Gasteiger partial charge is 0.131 e. The molecule has 0 spiro atoms. The van der Waals surface area contributed by atoms with Crippen LogP contribution in [0.15, 0.2) is 12.2 Å². The van der Waals surface area contributed by atoms with Crippen molar-refractivity contribution in [1.29, 1.82) is 0 Å². The molecule has 0 aliphatic heterocycles. The summed E-state index contributed by atoms with van der Waals surface area (Å²) < 4.78 is 0.119. The number of thioether (sulfide) groups is 1. The van der Waals surface area contributed by atoms with Crippen LogP contribution >= 0.6 is 11.8 Å². The van der Waals surface area contributed by atoms with Crippen LogP contribution in [0.3, 0.4) is 0 Å². The van der Waals surface area contributed by atoms with Gasteiger partial charge in [0.05, 0.1) is 0 Å². The van der Waals surface area contributed by atoms with Gasteiger partial charge < -0.3 is 0 Å². The van der Waals surface area contributed by atoms with Gasteiger partial charge in [0.2, 0.25) is 0 Å². The van der Waals surface area contributed by atoms with Gasteiger partial charge in [0, 0.05) is 11.2 Å². The summed E-state index contributed by atoms with van der Waals surface area (Å²) in [4.78, 5) is 11.1. The third kappa shape index (κ3) is 12.0. The minimum atomic E-state index is 0.119. The quantitative estimate of drug-likeness (QED) is 0.404. The summed E-state index contributed by atoms with van der Waals surface area (Å²) in [5, 5.41) is 0. The normalized spacial score (nSPS) is 12.2. The molecule has 0 fully saturated rings. The predicted octanol–water partition coefficient (Wildman–Crippen LogP) is 5.00. The molecule has 0 unspecified atom stereocenters. The largest absolute Gasteiger partial charge is 0.300 e. The summed E-state index contributed by atoms with van der Waals surface area (Å²) in [5.41, 5.74) is 0. The maximum absolute atomic E-state index is 11.1. The lowest BCUT2D eigenvalue weighted by Crippen LogP contribution is -2.19. The minimum absolute atomic E-state index is 0.119. The molecule has 0 heterocycles. The molecule has 2 heteroatoms. The Morgan fingerprint density at radius 3 is 2.47 bits per heavy atom. The van der Waals surface area contributed by atoms with Gasteiger partial charge in [0.1, 0.15) is 5.78 Å². The molecular weight excluding hydrogens is 228 g/mol. The fourth-order valence-corrected chi connectivity index (χ4v) is 3.03. The molecule has 0 radical (unpaired) electrons. The van der Waals surface area contributed by atoms with E-state index in [4.69, 9.17) is 0 Å². The molecule has 0 saturated heterocycles. The summed E-state index contributed by atoms with van der Waals surface area (Å²) in [5.74, 6) is 1.48. The van der Waals surface area contributed by atoms with E-state index in [1.165, 1.54) is 31.4 Å². The van der Waals surface area contributed by atoms with E-state index in [0.29, 0.717) is 12.2 Å². The van der Waals surface area contributed by atoms with Crippen LogP contribution in [0.1, 0.15) is 66.2 Å². The van der Waals surface area contributed by atoms with Crippen LogP contribution in [0.2, 0.25) is 0 Å². The van der Waals surface area contributed by atoms with Gasteiger partial charge in [-0.05, 0) is 38.4 Å². The first kappa shape index (κ1) is 16.8. The second-order valence-corrected chi connectivity index (χ2v) is 7.02. The monoisotopic (exact) mass is 256 g/mol. The first-order chi connectivity index (χ1) is 7.98. The highest BCUT2D eigenvalue weighted by molar-refractivity contribution is 8.00. The molecule has 0 aliphatic rings. The van der Waals surface area contributed by atoms with Crippen LogP contribution < -0.4 is 0 Å². The van der Waals surface area contributed by atoms with E-state index in [9.17, 15) is 4.79 Å². The molecule has 1 nitrogen and oxygen atoms in total. The highest BCUT2D eigenvalue weighted by Crippen LogP contribution is 2.29. The van der Waals surface area contributed by atoms with Crippen LogP contribution in [0, 0.1) is 0 Å². The SMILES string of the molecule is CC/C=C\CCCCCSC(C)(C)CC(C)=O. The van der Waals surface area contributed by atoms with Gasteiger partial charge in [0.15, 0.2) is 0 Å². The summed E-state index contributed by atoms with van der Waals surface area (Å²) in [6, 6.07) is 0. The van der Waals surface area contributed by atoms with Gasteiger partial charge in [-0.25, -0.2) is 0 Å². The van der Waals surface area contributed by atoms with Crippen molar-refractivity contribution >= 4 is 17.5 Å². The number of carbonyl (C=O) groups is 1. The molecular formula is C15H28OS. The highest BCUT2D eigenvalue weighted by Gasteiger charge is 2.19. The maximum atomic E-state index is 11.1. The molecule has 0 atom stereocenters. The van der Waals surface area contributed by atoms with Crippen LogP contribution in [0.4, 0.5) is 0 Å². The molecule has 0 rings (SSSR count). The average molecular weight is 256 g/mol. The number of ketones is 1. The van der Waals surface area contributed by atoms with Gasteiger partial charge >= 0.3 is 0 Å². The number of hydrogen-bond acceptors (Lipinski definition) is 2. The Morgan fingerprint density at radius 2 is 1.88 bits per heavy atom. The molecule has 100 valence electrons. The fraction of sp³-hybridized carbons (Fsp3) is 0.800. The van der Waals surface area contributed by atoms with Crippen molar-refractivity contribution in [3.63, 3.8) is 0 Å². The lowest BCUT2D eigenvalue weighted by atomic mass is 10.1. The summed E-state index contributed by atoms with van der Waals surface area (Å²) >= 11 is 1.94. The van der Waals surface area contributed by atoms with Crippen molar-refractivity contribution in [3.8, 4) is 0 Å². The summed E-state index contributed by atoms with van der Waals surface area (Å²) in [6.07, 6.45) is 11.5. The van der Waals surface area contributed by atoms with Crippen LogP contribution in [-0.2, 0) is 4.79 Å². The van der Waals surface area contributed by atoms with E-state index >= 15 is 0 Å². The zero-order chi connectivity index (χ0) is 13.1. The van der Waals surface area contributed by atoms with Crippen molar-refractivity contribution in [2.45, 2.75) is 71.0 Å². The zero-order valence-corrected chi connectivity index (χ0v) is 12.7. The van der Waals surface area contributed by atoms with E-state index in [-0.39, 0.29) is 4.75 Å². The van der Waals surface area contributed by atoms with E-state index in [0.717, 1.165) is 6.42 Å². The summed E-state index contributed by atoms with van der Waals surface area (Å²) in [7, 11) is 0. The molecule has 0 bridgehead atoms. The molecule has 17 heavy (non-hydrogen) atoms. The van der Waals surface area contributed by atoms with Gasteiger partial charge in [0.25, 0.3) is 0 Å².